The van der Waals surface area contributed by atoms with E-state index in [1.807, 2.05) is 61.5 Å². The maximum absolute atomic E-state index is 13.3. The van der Waals surface area contributed by atoms with Gasteiger partial charge in [0, 0.05) is 11.8 Å². The fourth-order valence-electron chi connectivity index (χ4n) is 3.37. The molecule has 0 saturated carbocycles. The van der Waals surface area contributed by atoms with Crippen LogP contribution < -0.4 is 10.3 Å². The van der Waals surface area contributed by atoms with Crippen LogP contribution in [0, 0.1) is 6.92 Å². The number of rotatable bonds is 6. The Morgan fingerprint density at radius 1 is 1.06 bits per heavy atom. The molecule has 9 heteroatoms. The molecule has 0 atom stereocenters. The van der Waals surface area contributed by atoms with Gasteiger partial charge in [-0.05, 0) is 48.9 Å². The van der Waals surface area contributed by atoms with Crippen molar-refractivity contribution < 1.29 is 9.26 Å². The van der Waals surface area contributed by atoms with Crippen LogP contribution in [0.5, 0.6) is 5.75 Å². The number of methoxy groups -OCH3 is 1. The quantitative estimate of drug-likeness (QED) is 0.273. The second-order valence-electron chi connectivity index (χ2n) is 7.28. The number of para-hydroxylation sites is 1. The molecule has 0 unspecified atom stereocenters. The SMILES string of the molecule is COc1cccc(-c2noc(CSc3nc4ccccc4c(=O)n3-c3cc(C)ccn3)n2)c1. The van der Waals surface area contributed by atoms with Crippen LogP contribution in [0.15, 0.2) is 81.3 Å². The summed E-state index contributed by atoms with van der Waals surface area (Å²) in [5.74, 6) is 2.46. The first-order valence-corrected chi connectivity index (χ1v) is 11.2. The average molecular weight is 458 g/mol. The van der Waals surface area contributed by atoms with Gasteiger partial charge in [0.05, 0.1) is 23.8 Å². The first-order valence-electron chi connectivity index (χ1n) is 10.2. The lowest BCUT2D eigenvalue weighted by Gasteiger charge is -2.12. The second-order valence-corrected chi connectivity index (χ2v) is 8.22. The van der Waals surface area contributed by atoms with E-state index in [4.69, 9.17) is 14.2 Å². The van der Waals surface area contributed by atoms with E-state index in [1.165, 1.54) is 16.3 Å². The van der Waals surface area contributed by atoms with Gasteiger partial charge in [0.25, 0.3) is 5.56 Å². The van der Waals surface area contributed by atoms with Crippen LogP contribution >= 0.6 is 11.8 Å². The second kappa shape index (κ2) is 8.87. The number of hydrogen-bond donors (Lipinski definition) is 0. The highest BCUT2D eigenvalue weighted by molar-refractivity contribution is 7.98. The summed E-state index contributed by atoms with van der Waals surface area (Å²) in [6.45, 7) is 1.95. The van der Waals surface area contributed by atoms with Crippen LogP contribution in [0.25, 0.3) is 28.1 Å². The molecule has 5 rings (SSSR count). The number of hydrogen-bond acceptors (Lipinski definition) is 8. The summed E-state index contributed by atoms with van der Waals surface area (Å²) in [5, 5.41) is 5.11. The Morgan fingerprint density at radius 2 is 1.94 bits per heavy atom. The molecular formula is C24H19N5O3S. The van der Waals surface area contributed by atoms with Crippen molar-refractivity contribution in [3.05, 3.63) is 88.7 Å². The summed E-state index contributed by atoms with van der Waals surface area (Å²) in [6.07, 6.45) is 1.68. The van der Waals surface area contributed by atoms with Crippen molar-refractivity contribution in [2.75, 3.05) is 7.11 Å². The molecule has 0 aliphatic heterocycles. The zero-order valence-electron chi connectivity index (χ0n) is 17.9. The Labute approximate surface area is 193 Å². The van der Waals surface area contributed by atoms with Crippen molar-refractivity contribution in [3.63, 3.8) is 0 Å². The summed E-state index contributed by atoms with van der Waals surface area (Å²) >= 11 is 1.34. The van der Waals surface area contributed by atoms with Gasteiger partial charge in [-0.25, -0.2) is 14.5 Å². The first kappa shape index (κ1) is 20.9. The van der Waals surface area contributed by atoms with Crippen molar-refractivity contribution >= 4 is 22.7 Å². The van der Waals surface area contributed by atoms with Crippen LogP contribution in [-0.4, -0.2) is 31.8 Å². The van der Waals surface area contributed by atoms with Crippen LogP contribution in [0.3, 0.4) is 0 Å². The largest absolute Gasteiger partial charge is 0.497 e. The Morgan fingerprint density at radius 3 is 2.79 bits per heavy atom. The molecule has 0 fully saturated rings. The maximum atomic E-state index is 13.3. The zero-order valence-corrected chi connectivity index (χ0v) is 18.7. The van der Waals surface area contributed by atoms with E-state index in [0.29, 0.717) is 45.1 Å². The van der Waals surface area contributed by atoms with Gasteiger partial charge in [-0.2, -0.15) is 4.98 Å². The van der Waals surface area contributed by atoms with Gasteiger partial charge in [0.1, 0.15) is 11.6 Å². The van der Waals surface area contributed by atoms with E-state index in [1.54, 1.807) is 19.4 Å². The van der Waals surface area contributed by atoms with Gasteiger partial charge in [-0.3, -0.25) is 4.79 Å². The normalized spacial score (nSPS) is 11.1. The molecule has 0 amide bonds. The molecule has 0 aliphatic rings. The van der Waals surface area contributed by atoms with Crippen molar-refractivity contribution in [1.82, 2.24) is 24.7 Å². The van der Waals surface area contributed by atoms with Crippen molar-refractivity contribution in [1.29, 1.82) is 0 Å². The van der Waals surface area contributed by atoms with Crippen molar-refractivity contribution in [2.24, 2.45) is 0 Å². The topological polar surface area (TPSA) is 95.9 Å². The predicted octanol–water partition coefficient (Wildman–Crippen LogP) is 4.44. The number of pyridine rings is 1. The molecule has 0 radical (unpaired) electrons. The molecule has 5 aromatic rings. The minimum atomic E-state index is -0.177. The monoisotopic (exact) mass is 457 g/mol. The van der Waals surface area contributed by atoms with E-state index >= 15 is 0 Å². The third-order valence-corrected chi connectivity index (χ3v) is 5.92. The molecule has 8 nitrogen and oxygen atoms in total. The molecule has 0 spiro atoms. The molecule has 3 aromatic heterocycles. The molecule has 2 aromatic carbocycles. The van der Waals surface area contributed by atoms with E-state index in [2.05, 4.69) is 15.1 Å². The van der Waals surface area contributed by atoms with Crippen LogP contribution in [-0.2, 0) is 5.75 Å². The first-order chi connectivity index (χ1) is 16.1. The van der Waals surface area contributed by atoms with E-state index in [0.717, 1.165) is 11.1 Å². The van der Waals surface area contributed by atoms with Gasteiger partial charge in [0.15, 0.2) is 5.16 Å². The van der Waals surface area contributed by atoms with Gasteiger partial charge in [-0.15, -0.1) is 0 Å². The summed E-state index contributed by atoms with van der Waals surface area (Å²) in [6, 6.07) is 18.5. The highest BCUT2D eigenvalue weighted by Gasteiger charge is 2.16. The fraction of sp³-hybridized carbons (Fsp3) is 0.125. The summed E-state index contributed by atoms with van der Waals surface area (Å²) < 4.78 is 12.2. The maximum Gasteiger partial charge on any atom is 0.267 e. The molecular weight excluding hydrogens is 438 g/mol. The van der Waals surface area contributed by atoms with Crippen LogP contribution in [0.1, 0.15) is 11.5 Å². The number of ether oxygens (including phenoxy) is 1. The van der Waals surface area contributed by atoms with Crippen LogP contribution in [0.4, 0.5) is 0 Å². The lowest BCUT2D eigenvalue weighted by molar-refractivity contribution is 0.391. The summed E-state index contributed by atoms with van der Waals surface area (Å²) in [7, 11) is 1.61. The van der Waals surface area contributed by atoms with E-state index in [-0.39, 0.29) is 5.56 Å². The number of nitrogens with zero attached hydrogens (tertiary/aromatic N) is 5. The number of thioether (sulfide) groups is 1. The Kier molecular flexibility index (Phi) is 5.62. The molecule has 0 bridgehead atoms. The lowest BCUT2D eigenvalue weighted by atomic mass is 10.2. The molecule has 0 N–H and O–H groups in total. The van der Waals surface area contributed by atoms with Crippen molar-refractivity contribution in [2.45, 2.75) is 17.8 Å². The minimum absolute atomic E-state index is 0.177. The highest BCUT2D eigenvalue weighted by Crippen LogP contribution is 2.26. The van der Waals surface area contributed by atoms with Gasteiger partial charge in [0.2, 0.25) is 11.7 Å². The fourth-order valence-corrected chi connectivity index (χ4v) is 4.21. The third kappa shape index (κ3) is 4.22. The molecule has 3 heterocycles. The number of aryl methyl sites for hydroxylation is 1. The Balaban J connectivity index is 1.50. The average Bonchev–Trinajstić information content (AvgIpc) is 3.32. The van der Waals surface area contributed by atoms with Crippen molar-refractivity contribution in [3.8, 4) is 23.0 Å². The highest BCUT2D eigenvalue weighted by atomic mass is 32.2. The molecule has 33 heavy (non-hydrogen) atoms. The van der Waals surface area contributed by atoms with Crippen LogP contribution in [0.2, 0.25) is 0 Å². The predicted molar refractivity (Wildman–Crippen MR) is 126 cm³/mol. The number of fused-ring (bicyclic) bond motifs is 1. The Bertz CT molecular complexity index is 1510. The molecule has 0 saturated heterocycles. The van der Waals surface area contributed by atoms with E-state index in [9.17, 15) is 4.79 Å². The molecule has 164 valence electrons. The third-order valence-electron chi connectivity index (χ3n) is 5.00. The number of benzene rings is 2. The standard InChI is InChI=1S/C24H19N5O3S/c1-15-10-11-25-20(12-15)29-23(30)18-8-3-4-9-19(18)26-24(29)33-14-21-27-22(28-32-21)16-6-5-7-17(13-16)31-2/h3-13H,14H2,1-2H3. The van der Waals surface area contributed by atoms with Gasteiger partial charge in [-0.1, -0.05) is 41.2 Å². The lowest BCUT2D eigenvalue weighted by Crippen LogP contribution is -2.22. The summed E-state index contributed by atoms with van der Waals surface area (Å²) in [4.78, 5) is 26.9. The smallest absolute Gasteiger partial charge is 0.267 e. The number of aromatic nitrogens is 5. The zero-order chi connectivity index (χ0) is 22.8. The minimum Gasteiger partial charge on any atom is -0.497 e. The van der Waals surface area contributed by atoms with Gasteiger partial charge < -0.3 is 9.26 Å². The van der Waals surface area contributed by atoms with E-state index < -0.39 is 0 Å². The summed E-state index contributed by atoms with van der Waals surface area (Å²) in [5.41, 5.74) is 2.23. The Hall–Kier alpha value is -3.98. The van der Waals surface area contributed by atoms with Gasteiger partial charge >= 0.3 is 0 Å². The molecule has 0 aliphatic carbocycles.